The molecule has 0 aromatic carbocycles. The number of ether oxygens (including phenoxy) is 1. The van der Waals surface area contributed by atoms with Crippen LogP contribution >= 0.6 is 0 Å². The maximum Gasteiger partial charge on any atom is 0.316 e. The molecular formula is C11H18N2O2. The van der Waals surface area contributed by atoms with Gasteiger partial charge in [-0.1, -0.05) is 20.8 Å². The lowest BCUT2D eigenvalue weighted by Gasteiger charge is -2.10. The quantitative estimate of drug-likeness (QED) is 0.804. The van der Waals surface area contributed by atoms with Crippen LogP contribution in [0.5, 0.6) is 6.01 Å². The van der Waals surface area contributed by atoms with Crippen molar-refractivity contribution in [3.63, 3.8) is 0 Å². The summed E-state index contributed by atoms with van der Waals surface area (Å²) in [6.45, 7) is 6.28. The second-order valence-corrected chi connectivity index (χ2v) is 3.79. The van der Waals surface area contributed by atoms with Gasteiger partial charge in [-0.3, -0.25) is 0 Å². The number of aliphatic hydroxyl groups excluding tert-OH is 1. The van der Waals surface area contributed by atoms with E-state index in [1.54, 1.807) is 6.20 Å². The summed E-state index contributed by atoms with van der Waals surface area (Å²) in [5.74, 6) is 0.353. The van der Waals surface area contributed by atoms with E-state index >= 15 is 0 Å². The van der Waals surface area contributed by atoms with Crippen molar-refractivity contribution in [1.29, 1.82) is 0 Å². The Morgan fingerprint density at radius 1 is 1.47 bits per heavy atom. The minimum absolute atomic E-state index is 0.248. The molecule has 1 atom stereocenters. The topological polar surface area (TPSA) is 55.2 Å². The highest BCUT2D eigenvalue weighted by Crippen LogP contribution is 2.13. The molecule has 1 N–H and O–H groups in total. The van der Waals surface area contributed by atoms with Crippen molar-refractivity contribution < 1.29 is 9.84 Å². The molecule has 0 saturated heterocycles. The summed E-state index contributed by atoms with van der Waals surface area (Å²) in [7, 11) is 0. The molecule has 0 fully saturated rings. The van der Waals surface area contributed by atoms with Gasteiger partial charge in [0.1, 0.15) is 6.61 Å². The predicted molar refractivity (Wildman–Crippen MR) is 57.9 cm³/mol. The van der Waals surface area contributed by atoms with Gasteiger partial charge in [0.15, 0.2) is 0 Å². The minimum Gasteiger partial charge on any atom is -0.461 e. The van der Waals surface area contributed by atoms with Crippen LogP contribution in [0.3, 0.4) is 0 Å². The van der Waals surface area contributed by atoms with Crippen LogP contribution < -0.4 is 4.74 Å². The number of rotatable bonds is 5. The van der Waals surface area contributed by atoms with E-state index in [0.717, 1.165) is 5.69 Å². The normalized spacial score (nSPS) is 12.9. The first kappa shape index (κ1) is 11.9. The summed E-state index contributed by atoms with van der Waals surface area (Å²) in [6, 6.07) is 2.21. The van der Waals surface area contributed by atoms with Crippen molar-refractivity contribution >= 4 is 0 Å². The molecule has 1 aromatic rings. The van der Waals surface area contributed by atoms with Crippen LogP contribution in [0.15, 0.2) is 12.3 Å². The molecule has 4 nitrogen and oxygen atoms in total. The molecule has 15 heavy (non-hydrogen) atoms. The molecule has 0 aliphatic rings. The Balaban J connectivity index is 2.58. The Morgan fingerprint density at radius 3 is 2.80 bits per heavy atom. The zero-order valence-electron chi connectivity index (χ0n) is 9.47. The second kappa shape index (κ2) is 5.66. The lowest BCUT2D eigenvalue weighted by Crippen LogP contribution is -2.17. The molecule has 0 aliphatic carbocycles. The van der Waals surface area contributed by atoms with E-state index in [9.17, 15) is 5.11 Å². The molecule has 0 saturated carbocycles. The molecular weight excluding hydrogens is 192 g/mol. The fourth-order valence-electron chi connectivity index (χ4n) is 1.03. The van der Waals surface area contributed by atoms with Crippen molar-refractivity contribution in [3.05, 3.63) is 18.0 Å². The smallest absolute Gasteiger partial charge is 0.316 e. The monoisotopic (exact) mass is 210 g/mol. The number of aliphatic hydroxyl groups is 1. The van der Waals surface area contributed by atoms with Gasteiger partial charge in [0.05, 0.1) is 11.8 Å². The molecule has 0 radical (unpaired) electrons. The van der Waals surface area contributed by atoms with Gasteiger partial charge in [0.25, 0.3) is 0 Å². The summed E-state index contributed by atoms with van der Waals surface area (Å²) in [4.78, 5) is 8.22. The average Bonchev–Trinajstić information content (AvgIpc) is 2.26. The van der Waals surface area contributed by atoms with E-state index < -0.39 is 6.10 Å². The van der Waals surface area contributed by atoms with Gasteiger partial charge >= 0.3 is 6.01 Å². The highest BCUT2D eigenvalue weighted by Gasteiger charge is 2.06. The minimum atomic E-state index is -0.448. The van der Waals surface area contributed by atoms with Gasteiger partial charge in [0.2, 0.25) is 0 Å². The third kappa shape index (κ3) is 3.83. The van der Waals surface area contributed by atoms with Crippen molar-refractivity contribution in [2.75, 3.05) is 6.61 Å². The molecule has 4 heteroatoms. The number of hydrogen-bond acceptors (Lipinski definition) is 4. The first-order valence-corrected chi connectivity index (χ1v) is 5.27. The van der Waals surface area contributed by atoms with Crippen molar-refractivity contribution in [3.8, 4) is 6.01 Å². The first-order valence-electron chi connectivity index (χ1n) is 5.27. The average molecular weight is 210 g/mol. The Hall–Kier alpha value is -1.16. The molecule has 1 unspecified atom stereocenters. The molecule has 1 heterocycles. The fraction of sp³-hybridized carbons (Fsp3) is 0.636. The largest absolute Gasteiger partial charge is 0.461 e. The highest BCUT2D eigenvalue weighted by molar-refractivity contribution is 5.08. The van der Waals surface area contributed by atoms with Crippen LogP contribution in [-0.4, -0.2) is 27.8 Å². The van der Waals surface area contributed by atoms with Crippen LogP contribution in [0, 0.1) is 0 Å². The van der Waals surface area contributed by atoms with Crippen molar-refractivity contribution in [1.82, 2.24) is 9.97 Å². The summed E-state index contributed by atoms with van der Waals surface area (Å²) < 4.78 is 5.28. The zero-order chi connectivity index (χ0) is 11.3. The lowest BCUT2D eigenvalue weighted by atomic mass is 10.1. The van der Waals surface area contributed by atoms with Crippen LogP contribution in [0.4, 0.5) is 0 Å². The number of aromatic nitrogens is 2. The van der Waals surface area contributed by atoms with Gasteiger partial charge in [-0.15, -0.1) is 0 Å². The van der Waals surface area contributed by atoms with E-state index in [4.69, 9.17) is 4.74 Å². The summed E-state index contributed by atoms with van der Waals surface area (Å²) in [5.41, 5.74) is 0.950. The second-order valence-electron chi connectivity index (χ2n) is 3.79. The highest BCUT2D eigenvalue weighted by atomic mass is 16.5. The van der Waals surface area contributed by atoms with E-state index in [2.05, 4.69) is 23.8 Å². The maximum atomic E-state index is 9.32. The Kier molecular flexibility index (Phi) is 4.49. The van der Waals surface area contributed by atoms with Crippen molar-refractivity contribution in [2.45, 2.75) is 39.2 Å². The number of hydrogen-bond donors (Lipinski definition) is 1. The summed E-state index contributed by atoms with van der Waals surface area (Å²) in [5, 5.41) is 9.32. The van der Waals surface area contributed by atoms with Crippen LogP contribution in [0.1, 0.15) is 38.8 Å². The maximum absolute atomic E-state index is 9.32. The molecule has 0 spiro atoms. The molecule has 0 amide bonds. The van der Waals surface area contributed by atoms with Gasteiger partial charge < -0.3 is 9.84 Å². The molecule has 84 valence electrons. The third-order valence-electron chi connectivity index (χ3n) is 2.12. The number of nitrogens with zero attached hydrogens (tertiary/aromatic N) is 2. The summed E-state index contributed by atoms with van der Waals surface area (Å²) >= 11 is 0. The van der Waals surface area contributed by atoms with E-state index in [1.165, 1.54) is 0 Å². The molecule has 0 bridgehead atoms. The van der Waals surface area contributed by atoms with Gasteiger partial charge in [0, 0.05) is 6.20 Å². The summed E-state index contributed by atoms with van der Waals surface area (Å²) in [6.07, 6.45) is 1.90. The Labute approximate surface area is 90.3 Å². The van der Waals surface area contributed by atoms with Gasteiger partial charge in [-0.2, -0.15) is 0 Å². The first-order chi connectivity index (χ1) is 7.13. The van der Waals surface area contributed by atoms with Crippen LogP contribution in [0.25, 0.3) is 0 Å². The fourth-order valence-corrected chi connectivity index (χ4v) is 1.03. The zero-order valence-corrected chi connectivity index (χ0v) is 9.47. The van der Waals surface area contributed by atoms with Crippen LogP contribution in [0.2, 0.25) is 0 Å². The third-order valence-corrected chi connectivity index (χ3v) is 2.12. The van der Waals surface area contributed by atoms with E-state index in [-0.39, 0.29) is 6.61 Å². The van der Waals surface area contributed by atoms with Gasteiger partial charge in [-0.05, 0) is 18.4 Å². The molecule has 0 aliphatic heterocycles. The molecule has 1 rings (SSSR count). The molecule has 1 aromatic heterocycles. The lowest BCUT2D eigenvalue weighted by molar-refractivity contribution is 0.0987. The Morgan fingerprint density at radius 2 is 2.20 bits per heavy atom. The van der Waals surface area contributed by atoms with E-state index in [0.29, 0.717) is 18.3 Å². The SMILES string of the molecule is CCC(O)COc1nccc(C(C)C)n1. The van der Waals surface area contributed by atoms with Crippen LogP contribution in [-0.2, 0) is 0 Å². The standard InChI is InChI=1S/C11H18N2O2/c1-4-9(14)7-15-11-12-6-5-10(13-11)8(2)3/h5-6,8-9,14H,4,7H2,1-3H3. The van der Waals surface area contributed by atoms with Gasteiger partial charge in [-0.25, -0.2) is 9.97 Å². The van der Waals surface area contributed by atoms with E-state index in [1.807, 2.05) is 13.0 Å². The Bertz CT molecular complexity index is 302. The predicted octanol–water partition coefficient (Wildman–Crippen LogP) is 1.75. The van der Waals surface area contributed by atoms with Crippen molar-refractivity contribution in [2.24, 2.45) is 0 Å².